The maximum Gasteiger partial charge on any atom is 0.332 e. The van der Waals surface area contributed by atoms with Crippen LogP contribution >= 0.6 is 0 Å². The molecule has 0 N–H and O–H groups in total. The van der Waals surface area contributed by atoms with Crippen molar-refractivity contribution >= 4 is 5.97 Å². The second-order valence-corrected chi connectivity index (χ2v) is 7.00. The van der Waals surface area contributed by atoms with Crippen LogP contribution in [0.3, 0.4) is 0 Å². The highest BCUT2D eigenvalue weighted by Gasteiger charge is 2.15. The van der Waals surface area contributed by atoms with Crippen molar-refractivity contribution < 1.29 is 14.3 Å². The Morgan fingerprint density at radius 2 is 1.71 bits per heavy atom. The number of unbranched alkanes of at least 4 members (excludes halogenated alkanes) is 4. The number of allylic oxidation sites excluding steroid dienone is 2. The van der Waals surface area contributed by atoms with Gasteiger partial charge in [-0.15, -0.1) is 0 Å². The summed E-state index contributed by atoms with van der Waals surface area (Å²) in [6.07, 6.45) is 11.2. The van der Waals surface area contributed by atoms with Gasteiger partial charge in [-0.1, -0.05) is 55.3 Å². The van der Waals surface area contributed by atoms with Crippen molar-refractivity contribution in [3.8, 4) is 0 Å². The van der Waals surface area contributed by atoms with E-state index in [1.54, 1.807) is 0 Å². The van der Waals surface area contributed by atoms with Gasteiger partial charge in [0.15, 0.2) is 0 Å². The molecule has 0 atom stereocenters. The number of carbonyl (C=O) groups excluding carboxylic acids is 1. The predicted molar refractivity (Wildman–Crippen MR) is 99.0 cm³/mol. The van der Waals surface area contributed by atoms with Crippen LogP contribution in [0.2, 0.25) is 0 Å². The summed E-state index contributed by atoms with van der Waals surface area (Å²) in [5, 5.41) is 0. The highest BCUT2D eigenvalue weighted by atomic mass is 16.6. The van der Waals surface area contributed by atoms with Crippen LogP contribution in [0.1, 0.15) is 58.4 Å². The van der Waals surface area contributed by atoms with E-state index >= 15 is 0 Å². The van der Waals surface area contributed by atoms with E-state index in [1.165, 1.54) is 18.4 Å². The van der Waals surface area contributed by atoms with Crippen LogP contribution in [0.25, 0.3) is 0 Å². The first-order valence-electron chi connectivity index (χ1n) is 8.96. The van der Waals surface area contributed by atoms with Crippen LogP contribution in [0.4, 0.5) is 0 Å². The molecule has 3 nitrogen and oxygen atoms in total. The van der Waals surface area contributed by atoms with Crippen LogP contribution in [-0.4, -0.2) is 24.8 Å². The molecule has 3 heteroatoms. The number of rotatable bonds is 11. The van der Waals surface area contributed by atoms with Gasteiger partial charge in [0.25, 0.3) is 0 Å². The molecule has 0 amide bonds. The smallest absolute Gasteiger partial charge is 0.332 e. The number of carbonyl (C=O) groups is 1. The first-order chi connectivity index (χ1) is 11.5. The summed E-state index contributed by atoms with van der Waals surface area (Å²) in [7, 11) is 0. The number of benzene rings is 1. The van der Waals surface area contributed by atoms with E-state index in [9.17, 15) is 4.79 Å². The summed E-state index contributed by atoms with van der Waals surface area (Å²) in [4.78, 5) is 11.4. The zero-order valence-corrected chi connectivity index (χ0v) is 15.4. The lowest BCUT2D eigenvalue weighted by Gasteiger charge is -2.19. The quantitative estimate of drug-likeness (QED) is 0.321. The monoisotopic (exact) mass is 332 g/mol. The van der Waals surface area contributed by atoms with E-state index in [1.807, 2.05) is 26.8 Å². The second-order valence-electron chi connectivity index (χ2n) is 7.00. The fourth-order valence-electron chi connectivity index (χ4n) is 2.30. The fraction of sp³-hybridized carbons (Fsp3) is 0.571. The molecule has 1 rings (SSSR count). The van der Waals surface area contributed by atoms with Crippen molar-refractivity contribution in [2.45, 2.75) is 64.9 Å². The zero-order valence-electron chi connectivity index (χ0n) is 15.4. The lowest BCUT2D eigenvalue weighted by Crippen LogP contribution is -2.26. The molecule has 0 aliphatic heterocycles. The predicted octanol–water partition coefficient (Wildman–Crippen LogP) is 5.09. The van der Waals surface area contributed by atoms with Gasteiger partial charge in [-0.25, -0.2) is 4.79 Å². The second kappa shape index (κ2) is 11.9. The van der Waals surface area contributed by atoms with Crippen molar-refractivity contribution in [2.24, 2.45) is 0 Å². The lowest BCUT2D eigenvalue weighted by atomic mass is 10.1. The Morgan fingerprint density at radius 3 is 2.42 bits per heavy atom. The summed E-state index contributed by atoms with van der Waals surface area (Å²) in [5.41, 5.74) is 0.921. The van der Waals surface area contributed by atoms with Crippen LogP contribution < -0.4 is 0 Å². The van der Waals surface area contributed by atoms with Gasteiger partial charge in [-0.05, 0) is 52.0 Å². The van der Waals surface area contributed by atoms with Gasteiger partial charge < -0.3 is 9.47 Å². The van der Waals surface area contributed by atoms with Crippen LogP contribution in [-0.2, 0) is 20.7 Å². The average Bonchev–Trinajstić information content (AvgIpc) is 2.52. The Bertz CT molecular complexity index is 472. The Labute approximate surface area is 147 Å². The Kier molecular flexibility index (Phi) is 10.1. The van der Waals surface area contributed by atoms with Gasteiger partial charge in [0.1, 0.15) is 12.2 Å². The molecule has 0 fully saturated rings. The molecule has 0 saturated carbocycles. The molecule has 1 aromatic carbocycles. The summed E-state index contributed by atoms with van der Waals surface area (Å²) in [6, 6.07) is 10.5. The van der Waals surface area contributed by atoms with E-state index < -0.39 is 5.60 Å². The standard InChI is InChI=1S/C21H32O3/c1-21(2,3)24-20(22)18-23-17-13-8-6-4-5-7-10-14-19-15-11-9-12-16-19/h7,9-12,15-16H,4-6,8,13-14,17-18H2,1-3H3. The molecule has 134 valence electrons. The van der Waals surface area contributed by atoms with Crippen LogP contribution in [0.5, 0.6) is 0 Å². The van der Waals surface area contributed by atoms with E-state index in [2.05, 4.69) is 36.4 Å². The van der Waals surface area contributed by atoms with E-state index in [-0.39, 0.29) is 12.6 Å². The molecule has 0 unspecified atom stereocenters. The van der Waals surface area contributed by atoms with Gasteiger partial charge in [0.05, 0.1) is 0 Å². The summed E-state index contributed by atoms with van der Waals surface area (Å²) < 4.78 is 10.5. The highest BCUT2D eigenvalue weighted by molar-refractivity contribution is 5.71. The minimum atomic E-state index is -0.436. The van der Waals surface area contributed by atoms with Gasteiger partial charge in [-0.3, -0.25) is 0 Å². The molecule has 24 heavy (non-hydrogen) atoms. The Morgan fingerprint density at radius 1 is 1.00 bits per heavy atom. The van der Waals surface area contributed by atoms with Crippen molar-refractivity contribution in [1.29, 1.82) is 0 Å². The number of esters is 1. The van der Waals surface area contributed by atoms with E-state index in [0.717, 1.165) is 25.7 Å². The highest BCUT2D eigenvalue weighted by Crippen LogP contribution is 2.08. The molecule has 0 aromatic heterocycles. The topological polar surface area (TPSA) is 35.5 Å². The SMILES string of the molecule is CC(C)(C)OC(=O)COCCCCCCC=CCc1ccccc1. The van der Waals surface area contributed by atoms with Crippen molar-refractivity contribution in [1.82, 2.24) is 0 Å². The van der Waals surface area contributed by atoms with Gasteiger partial charge >= 0.3 is 5.97 Å². The molecule has 0 aliphatic rings. The molecular weight excluding hydrogens is 300 g/mol. The minimum Gasteiger partial charge on any atom is -0.458 e. The van der Waals surface area contributed by atoms with Crippen LogP contribution in [0, 0.1) is 0 Å². The summed E-state index contributed by atoms with van der Waals surface area (Å²) in [5.74, 6) is -0.286. The molecule has 0 radical (unpaired) electrons. The van der Waals surface area contributed by atoms with Crippen LogP contribution in [0.15, 0.2) is 42.5 Å². The van der Waals surface area contributed by atoms with Crippen molar-refractivity contribution in [3.63, 3.8) is 0 Å². The first-order valence-corrected chi connectivity index (χ1v) is 8.96. The maximum atomic E-state index is 11.4. The van der Waals surface area contributed by atoms with Gasteiger partial charge in [0, 0.05) is 6.61 Å². The minimum absolute atomic E-state index is 0.0551. The zero-order chi connectivity index (χ0) is 17.7. The van der Waals surface area contributed by atoms with Gasteiger partial charge in [0.2, 0.25) is 0 Å². The van der Waals surface area contributed by atoms with E-state index in [0.29, 0.717) is 6.61 Å². The molecule has 0 aliphatic carbocycles. The molecule has 0 saturated heterocycles. The summed E-state index contributed by atoms with van der Waals surface area (Å²) >= 11 is 0. The largest absolute Gasteiger partial charge is 0.458 e. The molecular formula is C21H32O3. The van der Waals surface area contributed by atoms with Crippen molar-refractivity contribution in [3.05, 3.63) is 48.0 Å². The number of ether oxygens (including phenoxy) is 2. The maximum absolute atomic E-state index is 11.4. The Hall–Kier alpha value is -1.61. The van der Waals surface area contributed by atoms with E-state index in [4.69, 9.17) is 9.47 Å². The average molecular weight is 332 g/mol. The third-order valence-electron chi connectivity index (χ3n) is 3.41. The van der Waals surface area contributed by atoms with Gasteiger partial charge in [-0.2, -0.15) is 0 Å². The third kappa shape index (κ3) is 11.9. The summed E-state index contributed by atoms with van der Waals surface area (Å²) in [6.45, 7) is 6.26. The Balaban J connectivity index is 1.89. The molecule has 0 bridgehead atoms. The number of hydrogen-bond acceptors (Lipinski definition) is 3. The normalized spacial score (nSPS) is 11.8. The molecule has 0 heterocycles. The first kappa shape index (κ1) is 20.4. The lowest BCUT2D eigenvalue weighted by molar-refractivity contribution is -0.160. The molecule has 0 spiro atoms. The molecule has 1 aromatic rings. The fourth-order valence-corrected chi connectivity index (χ4v) is 2.30. The van der Waals surface area contributed by atoms with Crippen molar-refractivity contribution in [2.75, 3.05) is 13.2 Å². The third-order valence-corrected chi connectivity index (χ3v) is 3.41. The number of hydrogen-bond donors (Lipinski definition) is 0.